The quantitative estimate of drug-likeness (QED) is 0.296. The molecule has 8 nitrogen and oxygen atoms in total. The smallest absolute Gasteiger partial charge is 0.264 e. The van der Waals surface area contributed by atoms with Crippen LogP contribution in [0.15, 0.2) is 71.6 Å². The Hall–Kier alpha value is -3.27. The van der Waals surface area contributed by atoms with E-state index in [2.05, 4.69) is 5.32 Å². The molecule has 0 aromatic heterocycles. The molecule has 3 aromatic carbocycles. The highest BCUT2D eigenvalue weighted by Gasteiger charge is 2.33. The minimum atomic E-state index is -4.16. The Bertz CT molecular complexity index is 1430. The molecule has 214 valence electrons. The van der Waals surface area contributed by atoms with E-state index in [4.69, 9.17) is 27.9 Å². The number of benzene rings is 3. The van der Waals surface area contributed by atoms with Crippen molar-refractivity contribution in [3.8, 4) is 5.75 Å². The van der Waals surface area contributed by atoms with Crippen molar-refractivity contribution in [2.24, 2.45) is 0 Å². The van der Waals surface area contributed by atoms with E-state index in [9.17, 15) is 18.0 Å². The first-order valence-corrected chi connectivity index (χ1v) is 15.0. The van der Waals surface area contributed by atoms with Crippen molar-refractivity contribution in [2.45, 2.75) is 44.7 Å². The Kier molecular flexibility index (Phi) is 10.8. The van der Waals surface area contributed by atoms with Crippen LogP contribution >= 0.6 is 23.2 Å². The number of carbonyl (C=O) groups is 2. The number of aryl methyl sites for hydroxylation is 1. The van der Waals surface area contributed by atoms with Crippen LogP contribution in [0.2, 0.25) is 10.0 Å². The van der Waals surface area contributed by atoms with Crippen LogP contribution in [-0.2, 0) is 26.2 Å². The third-order valence-corrected chi connectivity index (χ3v) is 8.85. The second kappa shape index (κ2) is 13.9. The lowest BCUT2D eigenvalue weighted by Crippen LogP contribution is -2.52. The molecule has 0 spiro atoms. The van der Waals surface area contributed by atoms with Crippen molar-refractivity contribution in [1.29, 1.82) is 0 Å². The standard InChI is InChI=1S/C29H33Cl2N3O5S/c1-5-27(29(36)32-6-2)33(18-21-9-16-25(30)26(31)17-21)28(35)19-34(22-10-12-23(39-4)13-11-22)40(37,38)24-14-7-20(3)8-15-24/h7-17,27H,5-6,18-19H2,1-4H3,(H,32,36). The van der Waals surface area contributed by atoms with Crippen LogP contribution in [0.1, 0.15) is 31.4 Å². The third-order valence-electron chi connectivity index (χ3n) is 6.32. The normalized spacial score (nSPS) is 11.9. The average Bonchev–Trinajstić information content (AvgIpc) is 2.93. The number of sulfonamides is 1. The van der Waals surface area contributed by atoms with Crippen LogP contribution in [-0.4, -0.2) is 51.4 Å². The molecule has 40 heavy (non-hydrogen) atoms. The zero-order chi connectivity index (χ0) is 29.4. The highest BCUT2D eigenvalue weighted by atomic mass is 35.5. The fourth-order valence-electron chi connectivity index (χ4n) is 4.16. The van der Waals surface area contributed by atoms with E-state index in [1.807, 2.05) is 6.92 Å². The van der Waals surface area contributed by atoms with Crippen LogP contribution in [0.3, 0.4) is 0 Å². The number of carbonyl (C=O) groups excluding carboxylic acids is 2. The van der Waals surface area contributed by atoms with E-state index < -0.39 is 28.5 Å². The number of methoxy groups -OCH3 is 1. The van der Waals surface area contributed by atoms with Gasteiger partial charge in [-0.15, -0.1) is 0 Å². The predicted octanol–water partition coefficient (Wildman–Crippen LogP) is 5.45. The summed E-state index contributed by atoms with van der Waals surface area (Å²) in [6.07, 6.45) is 0.312. The lowest BCUT2D eigenvalue weighted by atomic mass is 10.1. The second-order valence-corrected chi connectivity index (χ2v) is 11.8. The van der Waals surface area contributed by atoms with Crippen molar-refractivity contribution >= 4 is 50.7 Å². The summed E-state index contributed by atoms with van der Waals surface area (Å²) in [7, 11) is -2.65. The van der Waals surface area contributed by atoms with E-state index in [0.29, 0.717) is 34.3 Å². The summed E-state index contributed by atoms with van der Waals surface area (Å²) in [5, 5.41) is 3.43. The summed E-state index contributed by atoms with van der Waals surface area (Å²) >= 11 is 12.3. The molecule has 0 radical (unpaired) electrons. The largest absolute Gasteiger partial charge is 0.497 e. The minimum absolute atomic E-state index is 0.0202. The fraction of sp³-hybridized carbons (Fsp3) is 0.310. The van der Waals surface area contributed by atoms with Gasteiger partial charge < -0.3 is 15.0 Å². The number of nitrogens with zero attached hydrogens (tertiary/aromatic N) is 2. The van der Waals surface area contributed by atoms with Crippen molar-refractivity contribution in [2.75, 3.05) is 24.5 Å². The van der Waals surface area contributed by atoms with Crippen molar-refractivity contribution in [1.82, 2.24) is 10.2 Å². The number of amides is 2. The van der Waals surface area contributed by atoms with Crippen LogP contribution in [0.25, 0.3) is 0 Å². The summed E-state index contributed by atoms with van der Waals surface area (Å²) < 4.78 is 34.0. The van der Waals surface area contributed by atoms with E-state index in [0.717, 1.165) is 9.87 Å². The first-order valence-electron chi connectivity index (χ1n) is 12.8. The second-order valence-electron chi connectivity index (χ2n) is 9.11. The Morgan fingerprint density at radius 2 is 1.60 bits per heavy atom. The number of hydrogen-bond acceptors (Lipinski definition) is 5. The third kappa shape index (κ3) is 7.47. The van der Waals surface area contributed by atoms with Gasteiger partial charge in [0.1, 0.15) is 18.3 Å². The van der Waals surface area contributed by atoms with Gasteiger partial charge in [-0.2, -0.15) is 0 Å². The topological polar surface area (TPSA) is 96.0 Å². The molecular formula is C29H33Cl2N3O5S. The first-order chi connectivity index (χ1) is 19.0. The van der Waals surface area contributed by atoms with Gasteiger partial charge in [-0.05, 0) is 74.4 Å². The Morgan fingerprint density at radius 1 is 0.950 bits per heavy atom. The van der Waals surface area contributed by atoms with Crippen molar-refractivity contribution in [3.05, 3.63) is 87.9 Å². The fourth-order valence-corrected chi connectivity index (χ4v) is 5.90. The lowest BCUT2D eigenvalue weighted by molar-refractivity contribution is -0.140. The number of anilines is 1. The number of likely N-dealkylation sites (N-methyl/N-ethyl adjacent to an activating group) is 1. The van der Waals surface area contributed by atoms with E-state index >= 15 is 0 Å². The summed E-state index contributed by atoms with van der Waals surface area (Å²) in [5.74, 6) is -0.363. The number of halogens is 2. The monoisotopic (exact) mass is 605 g/mol. The predicted molar refractivity (Wildman–Crippen MR) is 158 cm³/mol. The SMILES string of the molecule is CCNC(=O)C(CC)N(Cc1ccc(Cl)c(Cl)c1)C(=O)CN(c1ccc(OC)cc1)S(=O)(=O)c1ccc(C)cc1. The van der Waals surface area contributed by atoms with Gasteiger partial charge >= 0.3 is 0 Å². The molecule has 0 aliphatic carbocycles. The maximum atomic E-state index is 14.0. The first kappa shape index (κ1) is 31.3. The number of nitrogens with one attached hydrogen (secondary N) is 1. The molecule has 0 aliphatic rings. The zero-order valence-electron chi connectivity index (χ0n) is 22.9. The van der Waals surface area contributed by atoms with E-state index in [1.165, 1.54) is 24.1 Å². The number of ether oxygens (including phenoxy) is 1. The summed E-state index contributed by atoms with van der Waals surface area (Å²) in [5.41, 5.74) is 1.81. The van der Waals surface area contributed by atoms with Gasteiger partial charge in [-0.3, -0.25) is 13.9 Å². The highest BCUT2D eigenvalue weighted by molar-refractivity contribution is 7.92. The molecule has 2 amide bonds. The Labute approximate surface area is 245 Å². The molecule has 11 heteroatoms. The maximum absolute atomic E-state index is 14.0. The molecule has 1 atom stereocenters. The summed E-state index contributed by atoms with van der Waals surface area (Å²) in [6, 6.07) is 16.9. The molecule has 0 aliphatic heterocycles. The molecule has 0 fully saturated rings. The Morgan fingerprint density at radius 3 is 2.15 bits per heavy atom. The van der Waals surface area contributed by atoms with Crippen molar-refractivity contribution in [3.63, 3.8) is 0 Å². The molecule has 1 N–H and O–H groups in total. The molecular weight excluding hydrogens is 573 g/mol. The highest BCUT2D eigenvalue weighted by Crippen LogP contribution is 2.28. The molecule has 0 saturated carbocycles. The molecule has 0 bridgehead atoms. The molecule has 3 rings (SSSR count). The van der Waals surface area contributed by atoms with Crippen LogP contribution < -0.4 is 14.4 Å². The van der Waals surface area contributed by atoms with Crippen molar-refractivity contribution < 1.29 is 22.7 Å². The van der Waals surface area contributed by atoms with Gasteiger partial charge in [0, 0.05) is 13.1 Å². The number of rotatable bonds is 12. The lowest BCUT2D eigenvalue weighted by Gasteiger charge is -2.33. The Balaban J connectivity index is 2.07. The van der Waals surface area contributed by atoms with Gasteiger partial charge in [0.25, 0.3) is 10.0 Å². The van der Waals surface area contributed by atoms with E-state index in [1.54, 1.807) is 68.4 Å². The van der Waals surface area contributed by atoms with Gasteiger partial charge in [-0.1, -0.05) is 53.9 Å². The van der Waals surface area contributed by atoms with Crippen LogP contribution in [0.4, 0.5) is 5.69 Å². The summed E-state index contributed by atoms with van der Waals surface area (Å²) in [6.45, 7) is 5.29. The van der Waals surface area contributed by atoms with Crippen LogP contribution in [0.5, 0.6) is 5.75 Å². The summed E-state index contributed by atoms with van der Waals surface area (Å²) in [4.78, 5) is 28.4. The number of hydrogen-bond donors (Lipinski definition) is 1. The van der Waals surface area contributed by atoms with E-state index in [-0.39, 0.29) is 23.0 Å². The maximum Gasteiger partial charge on any atom is 0.264 e. The van der Waals surface area contributed by atoms with Gasteiger partial charge in [-0.25, -0.2) is 8.42 Å². The molecule has 0 heterocycles. The molecule has 0 saturated heterocycles. The molecule has 1 unspecified atom stereocenters. The van der Waals surface area contributed by atoms with Gasteiger partial charge in [0.15, 0.2) is 0 Å². The van der Waals surface area contributed by atoms with Gasteiger partial charge in [0.2, 0.25) is 11.8 Å². The van der Waals surface area contributed by atoms with Crippen LogP contribution in [0, 0.1) is 6.92 Å². The minimum Gasteiger partial charge on any atom is -0.497 e. The average molecular weight is 607 g/mol. The molecule has 3 aromatic rings. The van der Waals surface area contributed by atoms with Gasteiger partial charge in [0.05, 0.1) is 27.7 Å². The zero-order valence-corrected chi connectivity index (χ0v) is 25.2.